The maximum Gasteiger partial charge on any atom is 0.236 e. The number of benzene rings is 1. The lowest BCUT2D eigenvalue weighted by molar-refractivity contribution is -0.129. The number of nitrogens with one attached hydrogen (secondary N) is 1. The molecule has 106 valence electrons. The van der Waals surface area contributed by atoms with Crippen molar-refractivity contribution in [2.24, 2.45) is 0 Å². The highest BCUT2D eigenvalue weighted by Crippen LogP contribution is 2.23. The van der Waals surface area contributed by atoms with E-state index in [1.54, 1.807) is 7.11 Å². The van der Waals surface area contributed by atoms with Crippen molar-refractivity contribution in [2.45, 2.75) is 26.8 Å². The van der Waals surface area contributed by atoms with Crippen LogP contribution in [0.15, 0.2) is 24.3 Å². The number of methoxy groups -OCH3 is 1. The number of carbonyl (C=O) groups excluding carboxylic acids is 1. The summed E-state index contributed by atoms with van der Waals surface area (Å²) in [6, 6.07) is 7.94. The Bertz CT molecular complexity index is 403. The molecule has 0 spiro atoms. The summed E-state index contributed by atoms with van der Waals surface area (Å²) >= 11 is 0. The molecule has 0 saturated carbocycles. The molecule has 4 nitrogen and oxygen atoms in total. The summed E-state index contributed by atoms with van der Waals surface area (Å²) in [6.45, 7) is 7.87. The topological polar surface area (TPSA) is 41.6 Å². The molecule has 0 radical (unpaired) electrons. The second-order valence-corrected chi connectivity index (χ2v) is 4.41. The number of carbonyl (C=O) groups is 1. The van der Waals surface area contributed by atoms with E-state index >= 15 is 0 Å². The van der Waals surface area contributed by atoms with Crippen LogP contribution in [0.2, 0.25) is 0 Å². The number of likely N-dealkylation sites (N-methyl/N-ethyl adjacent to an activating group) is 1. The first-order valence-corrected chi connectivity index (χ1v) is 6.78. The molecule has 1 atom stereocenters. The molecule has 4 heteroatoms. The van der Waals surface area contributed by atoms with Gasteiger partial charge in [-0.25, -0.2) is 0 Å². The van der Waals surface area contributed by atoms with Crippen LogP contribution in [0.3, 0.4) is 0 Å². The van der Waals surface area contributed by atoms with Crippen molar-refractivity contribution in [3.05, 3.63) is 29.8 Å². The largest absolute Gasteiger partial charge is 0.496 e. The highest BCUT2D eigenvalue weighted by atomic mass is 16.5. The van der Waals surface area contributed by atoms with Crippen LogP contribution in [0.25, 0.3) is 0 Å². The maximum absolute atomic E-state index is 11.9. The first kappa shape index (κ1) is 15.5. The van der Waals surface area contributed by atoms with Gasteiger partial charge in [0, 0.05) is 24.7 Å². The molecular formula is C15H24N2O2. The van der Waals surface area contributed by atoms with Gasteiger partial charge in [-0.2, -0.15) is 0 Å². The third kappa shape index (κ3) is 4.24. The second-order valence-electron chi connectivity index (χ2n) is 4.41. The summed E-state index contributed by atoms with van der Waals surface area (Å²) in [4.78, 5) is 13.7. The van der Waals surface area contributed by atoms with Crippen molar-refractivity contribution in [3.8, 4) is 5.75 Å². The third-order valence-corrected chi connectivity index (χ3v) is 3.28. The molecule has 1 aromatic rings. The summed E-state index contributed by atoms with van der Waals surface area (Å²) < 4.78 is 5.33. The van der Waals surface area contributed by atoms with Gasteiger partial charge in [0.25, 0.3) is 0 Å². The van der Waals surface area contributed by atoms with Crippen LogP contribution in [0.1, 0.15) is 32.4 Å². The van der Waals surface area contributed by atoms with Crippen molar-refractivity contribution in [3.63, 3.8) is 0 Å². The predicted molar refractivity (Wildman–Crippen MR) is 77.3 cm³/mol. The normalized spacial score (nSPS) is 12.0. The summed E-state index contributed by atoms with van der Waals surface area (Å²) in [5.41, 5.74) is 1.07. The summed E-state index contributed by atoms with van der Waals surface area (Å²) in [7, 11) is 1.66. The molecule has 0 aliphatic heterocycles. The highest BCUT2D eigenvalue weighted by molar-refractivity contribution is 5.78. The lowest BCUT2D eigenvalue weighted by Crippen LogP contribution is -2.38. The predicted octanol–water partition coefficient (Wildman–Crippen LogP) is 2.21. The van der Waals surface area contributed by atoms with E-state index in [4.69, 9.17) is 4.74 Å². The third-order valence-electron chi connectivity index (χ3n) is 3.28. The van der Waals surface area contributed by atoms with Crippen molar-refractivity contribution >= 4 is 5.91 Å². The van der Waals surface area contributed by atoms with Gasteiger partial charge in [-0.05, 0) is 26.8 Å². The van der Waals surface area contributed by atoms with Crippen molar-refractivity contribution < 1.29 is 9.53 Å². The maximum atomic E-state index is 11.9. The molecule has 0 heterocycles. The molecule has 1 unspecified atom stereocenters. The second kappa shape index (κ2) is 7.79. The average Bonchev–Trinajstić information content (AvgIpc) is 2.45. The molecule has 1 rings (SSSR count). The van der Waals surface area contributed by atoms with Gasteiger partial charge < -0.3 is 15.0 Å². The fourth-order valence-electron chi connectivity index (χ4n) is 2.06. The van der Waals surface area contributed by atoms with Crippen LogP contribution >= 0.6 is 0 Å². The van der Waals surface area contributed by atoms with E-state index in [0.717, 1.165) is 24.4 Å². The quantitative estimate of drug-likeness (QED) is 0.821. The number of nitrogens with zero attached hydrogens (tertiary/aromatic N) is 1. The zero-order valence-electron chi connectivity index (χ0n) is 12.3. The number of para-hydroxylation sites is 1. The molecule has 0 fully saturated rings. The minimum Gasteiger partial charge on any atom is -0.496 e. The van der Waals surface area contributed by atoms with Gasteiger partial charge in [0.05, 0.1) is 13.7 Å². The van der Waals surface area contributed by atoms with Crippen LogP contribution < -0.4 is 10.1 Å². The number of hydrogen-bond donors (Lipinski definition) is 1. The van der Waals surface area contributed by atoms with E-state index in [-0.39, 0.29) is 11.9 Å². The Morgan fingerprint density at radius 1 is 1.32 bits per heavy atom. The minimum atomic E-state index is 0.0793. The molecular weight excluding hydrogens is 240 g/mol. The number of ether oxygens (including phenoxy) is 1. The Morgan fingerprint density at radius 2 is 1.95 bits per heavy atom. The van der Waals surface area contributed by atoms with Crippen LogP contribution in [0.5, 0.6) is 5.75 Å². The van der Waals surface area contributed by atoms with E-state index in [1.165, 1.54) is 0 Å². The van der Waals surface area contributed by atoms with Gasteiger partial charge in [0.15, 0.2) is 0 Å². The van der Waals surface area contributed by atoms with E-state index in [2.05, 4.69) is 5.32 Å². The molecule has 0 aliphatic carbocycles. The van der Waals surface area contributed by atoms with Gasteiger partial charge in [-0.3, -0.25) is 4.79 Å². The molecule has 0 saturated heterocycles. The molecule has 1 amide bonds. The molecule has 0 bridgehead atoms. The van der Waals surface area contributed by atoms with Gasteiger partial charge in [-0.1, -0.05) is 18.2 Å². The monoisotopic (exact) mass is 264 g/mol. The summed E-state index contributed by atoms with van der Waals surface area (Å²) in [5.74, 6) is 0.976. The van der Waals surface area contributed by atoms with Crippen molar-refractivity contribution in [1.82, 2.24) is 10.2 Å². The van der Waals surface area contributed by atoms with E-state index in [1.807, 2.05) is 49.9 Å². The van der Waals surface area contributed by atoms with Gasteiger partial charge in [0.2, 0.25) is 5.91 Å². The Balaban J connectivity index is 2.60. The van der Waals surface area contributed by atoms with E-state index in [9.17, 15) is 4.79 Å². The SMILES string of the molecule is CCN(CC)C(=O)CNC(C)c1ccccc1OC. The van der Waals surface area contributed by atoms with Gasteiger partial charge >= 0.3 is 0 Å². The van der Waals surface area contributed by atoms with Crippen molar-refractivity contribution in [2.75, 3.05) is 26.7 Å². The fourth-order valence-corrected chi connectivity index (χ4v) is 2.06. The molecule has 0 aliphatic rings. The zero-order chi connectivity index (χ0) is 14.3. The Kier molecular flexibility index (Phi) is 6.36. The van der Waals surface area contributed by atoms with Crippen LogP contribution in [-0.4, -0.2) is 37.6 Å². The lowest BCUT2D eigenvalue weighted by atomic mass is 10.1. The van der Waals surface area contributed by atoms with Crippen LogP contribution in [-0.2, 0) is 4.79 Å². The Labute approximate surface area is 115 Å². The lowest BCUT2D eigenvalue weighted by Gasteiger charge is -2.21. The zero-order valence-corrected chi connectivity index (χ0v) is 12.3. The molecule has 19 heavy (non-hydrogen) atoms. The number of rotatable bonds is 7. The standard InChI is InChI=1S/C15H24N2O2/c1-5-17(6-2)15(18)11-16-12(3)13-9-7-8-10-14(13)19-4/h7-10,12,16H,5-6,11H2,1-4H3. The van der Waals surface area contributed by atoms with E-state index < -0.39 is 0 Å². The molecule has 1 aromatic carbocycles. The summed E-state index contributed by atoms with van der Waals surface area (Å²) in [6.07, 6.45) is 0. The number of hydrogen-bond acceptors (Lipinski definition) is 3. The van der Waals surface area contributed by atoms with E-state index in [0.29, 0.717) is 6.54 Å². The highest BCUT2D eigenvalue weighted by Gasteiger charge is 2.14. The smallest absolute Gasteiger partial charge is 0.236 e. The van der Waals surface area contributed by atoms with Crippen LogP contribution in [0, 0.1) is 0 Å². The average molecular weight is 264 g/mol. The Morgan fingerprint density at radius 3 is 2.53 bits per heavy atom. The molecule has 1 N–H and O–H groups in total. The van der Waals surface area contributed by atoms with Crippen LogP contribution in [0.4, 0.5) is 0 Å². The number of amides is 1. The minimum absolute atomic E-state index is 0.0793. The Hall–Kier alpha value is -1.55. The summed E-state index contributed by atoms with van der Waals surface area (Å²) in [5, 5.41) is 3.25. The fraction of sp³-hybridized carbons (Fsp3) is 0.533. The van der Waals surface area contributed by atoms with Crippen molar-refractivity contribution in [1.29, 1.82) is 0 Å². The van der Waals surface area contributed by atoms with Gasteiger partial charge in [-0.15, -0.1) is 0 Å². The van der Waals surface area contributed by atoms with Gasteiger partial charge in [0.1, 0.15) is 5.75 Å². The first-order chi connectivity index (χ1) is 9.13. The first-order valence-electron chi connectivity index (χ1n) is 6.78. The molecule has 0 aromatic heterocycles.